The third-order valence-corrected chi connectivity index (χ3v) is 3.78. The third kappa shape index (κ3) is 6.94. The van der Waals surface area contributed by atoms with Crippen LogP contribution in [0, 0.1) is 5.92 Å². The number of ether oxygens (including phenoxy) is 1. The van der Waals surface area contributed by atoms with Crippen LogP contribution in [-0.2, 0) is 0 Å². The zero-order valence-electron chi connectivity index (χ0n) is 13.8. The fraction of sp³-hybridized carbons (Fsp3) is 0.722. The molecular formula is C18H31NO2. The highest BCUT2D eigenvalue weighted by atomic mass is 16.5. The molecule has 1 unspecified atom stereocenters. The first-order valence-corrected chi connectivity index (χ1v) is 8.49. The van der Waals surface area contributed by atoms with E-state index < -0.39 is 6.10 Å². The van der Waals surface area contributed by atoms with Gasteiger partial charge in [0.15, 0.2) is 0 Å². The van der Waals surface area contributed by atoms with Gasteiger partial charge in [-0.1, -0.05) is 52.5 Å². The maximum Gasteiger partial charge on any atom is 0.213 e. The highest BCUT2D eigenvalue weighted by molar-refractivity contribution is 5.17. The highest BCUT2D eigenvalue weighted by Crippen LogP contribution is 2.21. The van der Waals surface area contributed by atoms with Crippen LogP contribution in [0.2, 0.25) is 0 Å². The summed E-state index contributed by atoms with van der Waals surface area (Å²) in [5, 5.41) is 10.1. The molecule has 1 N–H and O–H groups in total. The van der Waals surface area contributed by atoms with Crippen LogP contribution in [0.5, 0.6) is 5.88 Å². The Morgan fingerprint density at radius 1 is 1.05 bits per heavy atom. The number of aliphatic hydroxyl groups excluding tert-OH is 1. The second kappa shape index (κ2) is 10.6. The Morgan fingerprint density at radius 2 is 1.76 bits per heavy atom. The molecule has 0 aliphatic heterocycles. The van der Waals surface area contributed by atoms with E-state index in [4.69, 9.17) is 4.74 Å². The first-order valence-electron chi connectivity index (χ1n) is 8.49. The van der Waals surface area contributed by atoms with Gasteiger partial charge < -0.3 is 9.84 Å². The Kier molecular flexibility index (Phi) is 9.07. The van der Waals surface area contributed by atoms with Crippen LogP contribution in [0.4, 0.5) is 0 Å². The lowest BCUT2D eigenvalue weighted by Gasteiger charge is -2.16. The second-order valence-electron chi connectivity index (χ2n) is 5.81. The molecule has 0 bridgehead atoms. The van der Waals surface area contributed by atoms with E-state index >= 15 is 0 Å². The van der Waals surface area contributed by atoms with Gasteiger partial charge in [-0.25, -0.2) is 4.98 Å². The number of aromatic nitrogens is 1. The number of aliphatic hydroxyl groups is 1. The van der Waals surface area contributed by atoms with Crippen molar-refractivity contribution in [2.75, 3.05) is 6.61 Å². The standard InChI is InChI=1S/C18H31NO2/c1-4-7-12-17(20)16-11-8-13-18(19-16)21-14-15(9-5-2)10-6-3/h8,11,13,15,17,20H,4-7,9-10,12,14H2,1-3H3. The summed E-state index contributed by atoms with van der Waals surface area (Å²) < 4.78 is 5.85. The number of unbranched alkanes of at least 4 members (excludes halogenated alkanes) is 1. The van der Waals surface area contributed by atoms with Crippen LogP contribution in [0.1, 0.15) is 77.5 Å². The Bertz CT molecular complexity index is 375. The number of rotatable bonds is 11. The zero-order valence-corrected chi connectivity index (χ0v) is 13.8. The molecule has 0 aliphatic rings. The molecule has 0 radical (unpaired) electrons. The lowest BCUT2D eigenvalue weighted by atomic mass is 9.99. The minimum absolute atomic E-state index is 0.476. The van der Waals surface area contributed by atoms with Crippen molar-refractivity contribution in [1.82, 2.24) is 4.98 Å². The van der Waals surface area contributed by atoms with E-state index in [2.05, 4.69) is 25.8 Å². The van der Waals surface area contributed by atoms with Crippen LogP contribution in [-0.4, -0.2) is 16.7 Å². The number of pyridine rings is 1. The molecule has 21 heavy (non-hydrogen) atoms. The number of hydrogen-bond donors (Lipinski definition) is 1. The molecule has 1 aromatic heterocycles. The van der Waals surface area contributed by atoms with Gasteiger partial charge in [0.1, 0.15) is 0 Å². The minimum Gasteiger partial charge on any atom is -0.477 e. The maximum absolute atomic E-state index is 10.1. The molecule has 0 spiro atoms. The van der Waals surface area contributed by atoms with E-state index in [9.17, 15) is 5.11 Å². The van der Waals surface area contributed by atoms with E-state index in [1.54, 1.807) is 0 Å². The van der Waals surface area contributed by atoms with Crippen LogP contribution in [0.15, 0.2) is 18.2 Å². The van der Waals surface area contributed by atoms with E-state index in [-0.39, 0.29) is 0 Å². The van der Waals surface area contributed by atoms with Crippen LogP contribution in [0.3, 0.4) is 0 Å². The topological polar surface area (TPSA) is 42.4 Å². The molecule has 1 aromatic rings. The maximum atomic E-state index is 10.1. The molecular weight excluding hydrogens is 262 g/mol. The zero-order chi connectivity index (χ0) is 15.5. The molecule has 1 atom stereocenters. The molecule has 0 fully saturated rings. The first kappa shape index (κ1) is 18.0. The van der Waals surface area contributed by atoms with Crippen molar-refractivity contribution in [2.45, 2.75) is 71.8 Å². The summed E-state index contributed by atoms with van der Waals surface area (Å²) in [7, 11) is 0. The second-order valence-corrected chi connectivity index (χ2v) is 5.81. The van der Waals surface area contributed by atoms with Crippen molar-refractivity contribution < 1.29 is 9.84 Å². The molecule has 1 rings (SSSR count). The molecule has 1 heterocycles. The van der Waals surface area contributed by atoms with Gasteiger partial charge in [-0.3, -0.25) is 0 Å². The van der Waals surface area contributed by atoms with Gasteiger partial charge in [0.05, 0.1) is 18.4 Å². The van der Waals surface area contributed by atoms with Crippen LogP contribution < -0.4 is 4.74 Å². The Morgan fingerprint density at radius 3 is 2.38 bits per heavy atom. The smallest absolute Gasteiger partial charge is 0.213 e. The molecule has 0 saturated heterocycles. The van der Waals surface area contributed by atoms with Crippen LogP contribution in [0.25, 0.3) is 0 Å². The Labute approximate surface area is 129 Å². The lowest BCUT2D eigenvalue weighted by Crippen LogP contribution is -2.13. The molecule has 0 aliphatic carbocycles. The highest BCUT2D eigenvalue weighted by Gasteiger charge is 2.11. The van der Waals surface area contributed by atoms with Crippen molar-refractivity contribution in [1.29, 1.82) is 0 Å². The van der Waals surface area contributed by atoms with Crippen molar-refractivity contribution in [2.24, 2.45) is 5.92 Å². The SMILES string of the molecule is CCCCC(O)c1cccc(OCC(CCC)CCC)n1. The quantitative estimate of drug-likeness (QED) is 0.631. The van der Waals surface area contributed by atoms with Crippen molar-refractivity contribution in [3.8, 4) is 5.88 Å². The average Bonchev–Trinajstić information content (AvgIpc) is 2.51. The van der Waals surface area contributed by atoms with Crippen molar-refractivity contribution in [3.63, 3.8) is 0 Å². The number of hydrogen-bond acceptors (Lipinski definition) is 3. The minimum atomic E-state index is -0.476. The van der Waals surface area contributed by atoms with E-state index in [1.165, 1.54) is 25.7 Å². The summed E-state index contributed by atoms with van der Waals surface area (Å²) in [6, 6.07) is 5.68. The molecule has 3 nitrogen and oxygen atoms in total. The van der Waals surface area contributed by atoms with Gasteiger partial charge in [0, 0.05) is 6.07 Å². The molecule has 0 aromatic carbocycles. The molecule has 0 saturated carbocycles. The summed E-state index contributed by atoms with van der Waals surface area (Å²) in [4.78, 5) is 4.45. The van der Waals surface area contributed by atoms with Gasteiger partial charge in [0.2, 0.25) is 5.88 Å². The third-order valence-electron chi connectivity index (χ3n) is 3.78. The fourth-order valence-corrected chi connectivity index (χ4v) is 2.57. The normalized spacial score (nSPS) is 12.6. The van der Waals surface area contributed by atoms with E-state index in [1.807, 2.05) is 18.2 Å². The monoisotopic (exact) mass is 293 g/mol. The lowest BCUT2D eigenvalue weighted by molar-refractivity contribution is 0.157. The van der Waals surface area contributed by atoms with Crippen molar-refractivity contribution >= 4 is 0 Å². The summed E-state index contributed by atoms with van der Waals surface area (Å²) >= 11 is 0. The predicted molar refractivity (Wildman–Crippen MR) is 87.5 cm³/mol. The van der Waals surface area contributed by atoms with Crippen LogP contribution >= 0.6 is 0 Å². The summed E-state index contributed by atoms with van der Waals surface area (Å²) in [5.74, 6) is 1.25. The van der Waals surface area contributed by atoms with Gasteiger partial charge >= 0.3 is 0 Å². The Balaban J connectivity index is 2.55. The molecule has 120 valence electrons. The Hall–Kier alpha value is -1.09. The predicted octanol–water partition coefficient (Wildman–Crippen LogP) is 4.90. The molecule has 3 heteroatoms. The summed E-state index contributed by atoms with van der Waals surface area (Å²) in [6.07, 6.45) is 7.18. The van der Waals surface area contributed by atoms with E-state index in [0.717, 1.165) is 31.6 Å². The summed E-state index contributed by atoms with van der Waals surface area (Å²) in [5.41, 5.74) is 0.725. The first-order chi connectivity index (χ1) is 10.2. The average molecular weight is 293 g/mol. The molecule has 0 amide bonds. The van der Waals surface area contributed by atoms with Gasteiger partial charge in [-0.05, 0) is 31.2 Å². The summed E-state index contributed by atoms with van der Waals surface area (Å²) in [6.45, 7) is 7.28. The largest absolute Gasteiger partial charge is 0.477 e. The van der Waals surface area contributed by atoms with Gasteiger partial charge in [-0.2, -0.15) is 0 Å². The van der Waals surface area contributed by atoms with Gasteiger partial charge in [0.25, 0.3) is 0 Å². The van der Waals surface area contributed by atoms with Gasteiger partial charge in [-0.15, -0.1) is 0 Å². The van der Waals surface area contributed by atoms with E-state index in [0.29, 0.717) is 11.8 Å². The number of nitrogens with zero attached hydrogens (tertiary/aromatic N) is 1. The fourth-order valence-electron chi connectivity index (χ4n) is 2.57. The van der Waals surface area contributed by atoms with Crippen molar-refractivity contribution in [3.05, 3.63) is 23.9 Å².